The van der Waals surface area contributed by atoms with Gasteiger partial charge in [0.05, 0.1) is 0 Å². The van der Waals surface area contributed by atoms with Gasteiger partial charge in [-0.1, -0.05) is 37.3 Å². The second-order valence-electron chi connectivity index (χ2n) is 4.36. The summed E-state index contributed by atoms with van der Waals surface area (Å²) in [5.74, 6) is 1.04. The Labute approximate surface area is 108 Å². The molecule has 18 heavy (non-hydrogen) atoms. The lowest BCUT2D eigenvalue weighted by atomic mass is 10.0. The largest absolute Gasteiger partial charge is 0.310 e. The molecular formula is C14H20N4. The molecular weight excluding hydrogens is 224 g/mol. The minimum Gasteiger partial charge on any atom is -0.310 e. The molecule has 1 unspecified atom stereocenters. The van der Waals surface area contributed by atoms with Gasteiger partial charge in [-0.2, -0.15) is 5.10 Å². The third-order valence-corrected chi connectivity index (χ3v) is 3.11. The maximum atomic E-state index is 4.27. The van der Waals surface area contributed by atoms with E-state index in [1.54, 1.807) is 6.33 Å². The highest BCUT2D eigenvalue weighted by Crippen LogP contribution is 2.18. The maximum Gasteiger partial charge on any atom is 0.138 e. The summed E-state index contributed by atoms with van der Waals surface area (Å²) in [5, 5.41) is 7.62. The molecule has 2 rings (SSSR count). The zero-order valence-corrected chi connectivity index (χ0v) is 11.0. The van der Waals surface area contributed by atoms with Crippen molar-refractivity contribution in [3.63, 3.8) is 0 Å². The topological polar surface area (TPSA) is 42.7 Å². The smallest absolute Gasteiger partial charge is 0.138 e. The van der Waals surface area contributed by atoms with E-state index in [9.17, 15) is 0 Å². The molecule has 0 saturated heterocycles. The van der Waals surface area contributed by atoms with Crippen LogP contribution >= 0.6 is 0 Å². The minimum atomic E-state index is 0.382. The van der Waals surface area contributed by atoms with E-state index in [-0.39, 0.29) is 0 Å². The molecule has 0 aliphatic rings. The van der Waals surface area contributed by atoms with Crippen molar-refractivity contribution in [1.29, 1.82) is 0 Å². The second-order valence-corrected chi connectivity index (χ2v) is 4.36. The molecule has 1 aromatic heterocycles. The van der Waals surface area contributed by atoms with Gasteiger partial charge in [-0.25, -0.2) is 4.98 Å². The molecule has 1 aromatic carbocycles. The van der Waals surface area contributed by atoms with Crippen molar-refractivity contribution in [2.24, 2.45) is 7.05 Å². The SMILES string of the molecule is CCNC(CCc1ncnn1C)c1ccccc1. The lowest BCUT2D eigenvalue weighted by Gasteiger charge is -2.18. The van der Waals surface area contributed by atoms with Gasteiger partial charge in [-0.05, 0) is 18.5 Å². The highest BCUT2D eigenvalue weighted by molar-refractivity contribution is 5.19. The molecule has 4 nitrogen and oxygen atoms in total. The highest BCUT2D eigenvalue weighted by Gasteiger charge is 2.11. The average molecular weight is 244 g/mol. The lowest BCUT2D eigenvalue weighted by Crippen LogP contribution is -2.21. The standard InChI is InChI=1S/C14H20N4/c1-3-15-13(12-7-5-4-6-8-12)9-10-14-16-11-17-18(14)2/h4-8,11,13,15H,3,9-10H2,1-2H3. The Morgan fingerprint density at radius 2 is 2.06 bits per heavy atom. The molecule has 0 aliphatic carbocycles. The van der Waals surface area contributed by atoms with Crippen LogP contribution < -0.4 is 5.32 Å². The molecule has 1 heterocycles. The van der Waals surface area contributed by atoms with Crippen LogP contribution in [0.5, 0.6) is 0 Å². The molecule has 1 atom stereocenters. The van der Waals surface area contributed by atoms with Gasteiger partial charge in [0.2, 0.25) is 0 Å². The quantitative estimate of drug-likeness (QED) is 0.846. The van der Waals surface area contributed by atoms with E-state index in [4.69, 9.17) is 0 Å². The molecule has 0 saturated carbocycles. The zero-order valence-electron chi connectivity index (χ0n) is 11.0. The molecule has 0 fully saturated rings. The first-order valence-electron chi connectivity index (χ1n) is 6.42. The number of rotatable bonds is 6. The van der Waals surface area contributed by atoms with E-state index in [0.717, 1.165) is 25.2 Å². The Bertz CT molecular complexity index is 464. The number of nitrogens with zero attached hydrogens (tertiary/aromatic N) is 3. The van der Waals surface area contributed by atoms with Crippen LogP contribution in [0.3, 0.4) is 0 Å². The van der Waals surface area contributed by atoms with Crippen molar-refractivity contribution in [2.45, 2.75) is 25.8 Å². The monoisotopic (exact) mass is 244 g/mol. The zero-order chi connectivity index (χ0) is 12.8. The summed E-state index contributed by atoms with van der Waals surface area (Å²) in [4.78, 5) is 4.27. The first-order valence-corrected chi connectivity index (χ1v) is 6.42. The molecule has 0 aliphatic heterocycles. The van der Waals surface area contributed by atoms with Crippen LogP contribution in [0, 0.1) is 0 Å². The van der Waals surface area contributed by atoms with Gasteiger partial charge < -0.3 is 5.32 Å². The van der Waals surface area contributed by atoms with Gasteiger partial charge in [0.1, 0.15) is 12.2 Å². The number of nitrogens with one attached hydrogen (secondary N) is 1. The summed E-state index contributed by atoms with van der Waals surface area (Å²) in [6, 6.07) is 10.9. The van der Waals surface area contributed by atoms with E-state index < -0.39 is 0 Å². The van der Waals surface area contributed by atoms with Gasteiger partial charge >= 0.3 is 0 Å². The molecule has 96 valence electrons. The van der Waals surface area contributed by atoms with Crippen LogP contribution in [0.4, 0.5) is 0 Å². The first-order chi connectivity index (χ1) is 8.81. The van der Waals surface area contributed by atoms with Gasteiger partial charge in [-0.3, -0.25) is 4.68 Å². The fourth-order valence-electron chi connectivity index (χ4n) is 2.14. The summed E-state index contributed by atoms with van der Waals surface area (Å²) in [6.07, 6.45) is 3.58. The minimum absolute atomic E-state index is 0.382. The van der Waals surface area contributed by atoms with Crippen LogP contribution in [0.1, 0.15) is 30.8 Å². The molecule has 0 radical (unpaired) electrons. The molecule has 1 N–H and O–H groups in total. The van der Waals surface area contributed by atoms with E-state index in [1.165, 1.54) is 5.56 Å². The van der Waals surface area contributed by atoms with Crippen molar-refractivity contribution in [3.05, 3.63) is 48.0 Å². The normalized spacial score (nSPS) is 12.6. The van der Waals surface area contributed by atoms with E-state index >= 15 is 0 Å². The summed E-state index contributed by atoms with van der Waals surface area (Å²) < 4.78 is 1.84. The van der Waals surface area contributed by atoms with Crippen molar-refractivity contribution in [3.8, 4) is 0 Å². The van der Waals surface area contributed by atoms with Crippen LogP contribution in [-0.4, -0.2) is 21.3 Å². The number of hydrogen-bond acceptors (Lipinski definition) is 3. The summed E-state index contributed by atoms with van der Waals surface area (Å²) in [7, 11) is 1.94. The van der Waals surface area contributed by atoms with Crippen LogP contribution in [0.25, 0.3) is 0 Å². The number of benzene rings is 1. The summed E-state index contributed by atoms with van der Waals surface area (Å²) in [6.45, 7) is 3.11. The average Bonchev–Trinajstić information content (AvgIpc) is 2.81. The number of hydrogen-bond donors (Lipinski definition) is 1. The fraction of sp³-hybridized carbons (Fsp3) is 0.429. The van der Waals surface area contributed by atoms with Gasteiger partial charge in [-0.15, -0.1) is 0 Å². The van der Waals surface area contributed by atoms with Gasteiger partial charge in [0, 0.05) is 19.5 Å². The summed E-state index contributed by atoms with van der Waals surface area (Å²) >= 11 is 0. The molecule has 0 bridgehead atoms. The number of aromatic nitrogens is 3. The predicted molar refractivity (Wildman–Crippen MR) is 72.2 cm³/mol. The number of aryl methyl sites for hydroxylation is 2. The molecule has 0 spiro atoms. The van der Waals surface area contributed by atoms with E-state index in [1.807, 2.05) is 11.7 Å². The fourth-order valence-corrected chi connectivity index (χ4v) is 2.14. The third-order valence-electron chi connectivity index (χ3n) is 3.11. The van der Waals surface area contributed by atoms with Crippen molar-refractivity contribution < 1.29 is 0 Å². The Morgan fingerprint density at radius 3 is 2.67 bits per heavy atom. The Kier molecular flexibility index (Phi) is 4.47. The lowest BCUT2D eigenvalue weighted by molar-refractivity contribution is 0.502. The van der Waals surface area contributed by atoms with Gasteiger partial charge in [0.15, 0.2) is 0 Å². The maximum absolute atomic E-state index is 4.27. The highest BCUT2D eigenvalue weighted by atomic mass is 15.3. The van der Waals surface area contributed by atoms with Crippen LogP contribution in [0.15, 0.2) is 36.7 Å². The molecule has 4 heteroatoms. The van der Waals surface area contributed by atoms with Crippen molar-refractivity contribution >= 4 is 0 Å². The van der Waals surface area contributed by atoms with Crippen LogP contribution in [0.2, 0.25) is 0 Å². The Balaban J connectivity index is 2.01. The Morgan fingerprint density at radius 1 is 1.28 bits per heavy atom. The molecule has 0 amide bonds. The predicted octanol–water partition coefficient (Wildman–Crippen LogP) is 2.10. The van der Waals surface area contributed by atoms with E-state index in [2.05, 4.69) is 52.7 Å². The summed E-state index contributed by atoms with van der Waals surface area (Å²) in [5.41, 5.74) is 1.33. The Hall–Kier alpha value is -1.68. The molecule has 2 aromatic rings. The van der Waals surface area contributed by atoms with Crippen LogP contribution in [-0.2, 0) is 13.5 Å². The first kappa shape index (κ1) is 12.8. The third kappa shape index (κ3) is 3.17. The van der Waals surface area contributed by atoms with Crippen molar-refractivity contribution in [2.75, 3.05) is 6.54 Å². The van der Waals surface area contributed by atoms with Gasteiger partial charge in [0.25, 0.3) is 0 Å². The van der Waals surface area contributed by atoms with E-state index in [0.29, 0.717) is 6.04 Å². The second kappa shape index (κ2) is 6.31. The van der Waals surface area contributed by atoms with Crippen molar-refractivity contribution in [1.82, 2.24) is 20.1 Å².